The highest BCUT2D eigenvalue weighted by Crippen LogP contribution is 2.21. The van der Waals surface area contributed by atoms with E-state index in [0.29, 0.717) is 11.3 Å². The lowest BCUT2D eigenvalue weighted by Crippen LogP contribution is -1.99. The van der Waals surface area contributed by atoms with Crippen LogP contribution >= 0.6 is 0 Å². The number of nitrogens with zero attached hydrogens (tertiary/aromatic N) is 2. The molecule has 8 nitrogen and oxygen atoms in total. The third-order valence-electron chi connectivity index (χ3n) is 3.18. The maximum absolute atomic E-state index is 12.1. The molecule has 1 aromatic heterocycles. The summed E-state index contributed by atoms with van der Waals surface area (Å²) in [6.07, 6.45) is 0. The van der Waals surface area contributed by atoms with Gasteiger partial charge in [0.05, 0.1) is 4.90 Å². The summed E-state index contributed by atoms with van der Waals surface area (Å²) in [5.74, 6) is 1.45. The number of carboxylic acids is 1. The minimum absolute atomic E-state index is 0.125. The summed E-state index contributed by atoms with van der Waals surface area (Å²) >= 11 is 0. The molecule has 0 saturated heterocycles. The lowest BCUT2D eigenvalue weighted by atomic mass is 10.2. The third-order valence-corrected chi connectivity index (χ3v) is 4.45. The molecule has 0 aliphatic carbocycles. The number of sulfone groups is 1. The van der Waals surface area contributed by atoms with Crippen LogP contribution in [0.15, 0.2) is 59.5 Å². The van der Waals surface area contributed by atoms with Gasteiger partial charge in [-0.1, -0.05) is 28.5 Å². The van der Waals surface area contributed by atoms with E-state index in [1.54, 1.807) is 30.3 Å². The number of benzene rings is 2. The van der Waals surface area contributed by atoms with Gasteiger partial charge in [-0.2, -0.15) is 0 Å². The van der Waals surface area contributed by atoms with E-state index in [0.717, 1.165) is 0 Å². The van der Waals surface area contributed by atoms with Gasteiger partial charge in [-0.3, -0.25) is 0 Å². The second kappa shape index (κ2) is 7.08. The van der Waals surface area contributed by atoms with Crippen LogP contribution in [0.25, 0.3) is 0 Å². The van der Waals surface area contributed by atoms with Crippen LogP contribution in [-0.4, -0.2) is 34.9 Å². The van der Waals surface area contributed by atoms with Gasteiger partial charge >= 0.3 is 5.97 Å². The average Bonchev–Trinajstić information content (AvgIpc) is 3.10. The molecule has 130 valence electrons. The molecular formula is C17H11N3O5S. The summed E-state index contributed by atoms with van der Waals surface area (Å²) in [4.78, 5) is 11.1. The number of H-pyrrole nitrogens is 1. The highest BCUT2D eigenvalue weighted by Gasteiger charge is 2.16. The van der Waals surface area contributed by atoms with E-state index in [9.17, 15) is 13.2 Å². The van der Waals surface area contributed by atoms with Crippen molar-refractivity contribution in [1.29, 1.82) is 0 Å². The number of ether oxygens (including phenoxy) is 1. The SMILES string of the molecule is O=C(O)c1[nH]nnc1Oc1ccc(C#CS(=O)(=O)c2ccccc2)cc1. The maximum Gasteiger partial charge on any atom is 0.359 e. The van der Waals surface area contributed by atoms with Crippen molar-refractivity contribution in [3.05, 3.63) is 65.9 Å². The number of hydrogen-bond acceptors (Lipinski definition) is 6. The Morgan fingerprint density at radius 2 is 1.77 bits per heavy atom. The predicted molar refractivity (Wildman–Crippen MR) is 90.4 cm³/mol. The van der Waals surface area contributed by atoms with Gasteiger partial charge < -0.3 is 9.84 Å². The number of nitrogens with one attached hydrogen (secondary N) is 1. The molecule has 0 amide bonds. The van der Waals surface area contributed by atoms with Gasteiger partial charge in [0.1, 0.15) is 5.75 Å². The average molecular weight is 369 g/mol. The lowest BCUT2D eigenvalue weighted by Gasteiger charge is -2.02. The van der Waals surface area contributed by atoms with E-state index in [2.05, 4.69) is 26.6 Å². The quantitative estimate of drug-likeness (QED) is 0.675. The first kappa shape index (κ1) is 17.2. The van der Waals surface area contributed by atoms with Crippen LogP contribution in [-0.2, 0) is 9.84 Å². The van der Waals surface area contributed by atoms with Crippen molar-refractivity contribution in [3.8, 4) is 22.8 Å². The van der Waals surface area contributed by atoms with Crippen LogP contribution in [0, 0.1) is 11.2 Å². The standard InChI is InChI=1S/C17H11N3O5S/c21-17(22)15-16(19-20-18-15)25-13-8-6-12(7-9-13)10-11-26(23,24)14-4-2-1-3-5-14/h1-9H,(H,21,22)(H,18,19,20). The molecule has 0 bridgehead atoms. The molecule has 0 spiro atoms. The van der Waals surface area contributed by atoms with E-state index >= 15 is 0 Å². The monoisotopic (exact) mass is 369 g/mol. The van der Waals surface area contributed by atoms with Gasteiger partial charge in [0.15, 0.2) is 0 Å². The Morgan fingerprint density at radius 3 is 2.42 bits per heavy atom. The largest absolute Gasteiger partial charge is 0.476 e. The molecule has 9 heteroatoms. The van der Waals surface area contributed by atoms with Gasteiger partial charge in [-0.25, -0.2) is 18.3 Å². The number of carbonyl (C=O) groups is 1. The molecular weight excluding hydrogens is 358 g/mol. The second-order valence-corrected chi connectivity index (χ2v) is 6.65. The lowest BCUT2D eigenvalue weighted by molar-refractivity contribution is 0.0687. The molecule has 0 fully saturated rings. The molecule has 1 heterocycles. The second-order valence-electron chi connectivity index (χ2n) is 4.97. The molecule has 0 aliphatic heterocycles. The van der Waals surface area contributed by atoms with E-state index < -0.39 is 15.8 Å². The molecule has 0 aliphatic rings. The van der Waals surface area contributed by atoms with Gasteiger partial charge in [0.25, 0.3) is 5.88 Å². The van der Waals surface area contributed by atoms with Crippen molar-refractivity contribution in [2.24, 2.45) is 0 Å². The number of aromatic amines is 1. The fraction of sp³-hybridized carbons (Fsp3) is 0. The summed E-state index contributed by atoms with van der Waals surface area (Å²) in [6, 6.07) is 14.0. The zero-order chi connectivity index (χ0) is 18.6. The smallest absolute Gasteiger partial charge is 0.359 e. The highest BCUT2D eigenvalue weighted by molar-refractivity contribution is 7.96. The molecule has 2 N–H and O–H groups in total. The molecule has 26 heavy (non-hydrogen) atoms. The highest BCUT2D eigenvalue weighted by atomic mass is 32.2. The fourth-order valence-electron chi connectivity index (χ4n) is 1.93. The molecule has 2 aromatic carbocycles. The van der Waals surface area contributed by atoms with Crippen molar-refractivity contribution in [2.75, 3.05) is 0 Å². The summed E-state index contributed by atoms with van der Waals surface area (Å²) in [5, 5.41) is 20.3. The van der Waals surface area contributed by atoms with Crippen molar-refractivity contribution >= 4 is 15.8 Å². The Kier molecular flexibility index (Phi) is 4.68. The summed E-state index contributed by atoms with van der Waals surface area (Å²) in [5.41, 5.74) is 0.179. The summed E-state index contributed by atoms with van der Waals surface area (Å²) < 4.78 is 29.6. The van der Waals surface area contributed by atoms with Crippen LogP contribution in [0.2, 0.25) is 0 Å². The first-order chi connectivity index (χ1) is 12.5. The molecule has 3 rings (SSSR count). The Hall–Kier alpha value is -3.64. The van der Waals surface area contributed by atoms with Crippen LogP contribution in [0.4, 0.5) is 0 Å². The number of rotatable bonds is 4. The summed E-state index contributed by atoms with van der Waals surface area (Å²) in [7, 11) is -3.70. The van der Waals surface area contributed by atoms with Gasteiger partial charge in [0, 0.05) is 10.8 Å². The van der Waals surface area contributed by atoms with E-state index in [1.165, 1.54) is 24.3 Å². The van der Waals surface area contributed by atoms with Gasteiger partial charge in [-0.15, -0.1) is 0 Å². The van der Waals surface area contributed by atoms with Crippen molar-refractivity contribution in [3.63, 3.8) is 0 Å². The van der Waals surface area contributed by atoms with Crippen LogP contribution in [0.3, 0.4) is 0 Å². The third kappa shape index (κ3) is 3.88. The fourth-order valence-corrected chi connectivity index (χ4v) is 2.82. The Labute approximate surface area is 148 Å². The van der Waals surface area contributed by atoms with Gasteiger partial charge in [-0.05, 0) is 42.3 Å². The number of aromatic nitrogens is 3. The summed E-state index contributed by atoms with van der Waals surface area (Å²) in [6.45, 7) is 0. The Morgan fingerprint density at radius 1 is 1.08 bits per heavy atom. The number of hydrogen-bond donors (Lipinski definition) is 2. The van der Waals surface area contributed by atoms with Crippen LogP contribution in [0.1, 0.15) is 16.1 Å². The molecule has 3 aromatic rings. The van der Waals surface area contributed by atoms with E-state index in [-0.39, 0.29) is 16.5 Å². The maximum atomic E-state index is 12.1. The van der Waals surface area contributed by atoms with Crippen molar-refractivity contribution in [1.82, 2.24) is 15.4 Å². The topological polar surface area (TPSA) is 122 Å². The normalized spacial score (nSPS) is 10.6. The molecule has 0 saturated carbocycles. The first-order valence-corrected chi connectivity index (χ1v) is 8.69. The predicted octanol–water partition coefficient (Wildman–Crippen LogP) is 2.08. The number of aromatic carboxylic acids is 1. The van der Waals surface area contributed by atoms with Crippen LogP contribution < -0.4 is 4.74 Å². The zero-order valence-corrected chi connectivity index (χ0v) is 13.9. The minimum Gasteiger partial charge on any atom is -0.476 e. The van der Waals surface area contributed by atoms with E-state index in [1.807, 2.05) is 0 Å². The number of carboxylic acid groups (broad SMARTS) is 1. The zero-order valence-electron chi connectivity index (χ0n) is 13.1. The molecule has 0 unspecified atom stereocenters. The van der Waals surface area contributed by atoms with Gasteiger partial charge in [0.2, 0.25) is 15.5 Å². The van der Waals surface area contributed by atoms with E-state index in [4.69, 9.17) is 9.84 Å². The first-order valence-electron chi connectivity index (χ1n) is 7.21. The minimum atomic E-state index is -3.70. The Balaban J connectivity index is 1.77. The van der Waals surface area contributed by atoms with Crippen molar-refractivity contribution < 1.29 is 23.1 Å². The molecule has 0 atom stereocenters. The van der Waals surface area contributed by atoms with Crippen molar-refractivity contribution in [2.45, 2.75) is 4.90 Å². The molecule has 0 radical (unpaired) electrons. The Bertz CT molecular complexity index is 1090. The van der Waals surface area contributed by atoms with Crippen LogP contribution in [0.5, 0.6) is 11.6 Å².